The summed E-state index contributed by atoms with van der Waals surface area (Å²) in [6.07, 6.45) is 0.211. The Labute approximate surface area is 119 Å². The molecule has 8 nitrogen and oxygen atoms in total. The SMILES string of the molecule is COc1cc(Cc2n[nH]c(=O)[nH]c2=O)cc(OC)c1OC. The molecule has 0 unspecified atom stereocenters. The van der Waals surface area contributed by atoms with Gasteiger partial charge in [-0.05, 0) is 17.7 Å². The van der Waals surface area contributed by atoms with Crippen LogP contribution in [0.15, 0.2) is 21.7 Å². The van der Waals surface area contributed by atoms with Gasteiger partial charge in [-0.25, -0.2) is 9.89 Å². The van der Waals surface area contributed by atoms with Crippen molar-refractivity contribution in [3.05, 3.63) is 44.2 Å². The highest BCUT2D eigenvalue weighted by atomic mass is 16.5. The summed E-state index contributed by atoms with van der Waals surface area (Å²) in [5, 5.41) is 5.92. The van der Waals surface area contributed by atoms with Crippen LogP contribution >= 0.6 is 0 Å². The second kappa shape index (κ2) is 6.12. The number of benzene rings is 1. The lowest BCUT2D eigenvalue weighted by atomic mass is 10.1. The Hall–Kier alpha value is -2.77. The van der Waals surface area contributed by atoms with Gasteiger partial charge < -0.3 is 14.2 Å². The van der Waals surface area contributed by atoms with Crippen LogP contribution < -0.4 is 25.5 Å². The number of nitrogens with zero attached hydrogens (tertiary/aromatic N) is 1. The molecule has 1 aromatic carbocycles. The number of rotatable bonds is 5. The quantitative estimate of drug-likeness (QED) is 0.808. The van der Waals surface area contributed by atoms with E-state index in [-0.39, 0.29) is 12.1 Å². The molecular formula is C13H15N3O5. The topological polar surface area (TPSA) is 106 Å². The van der Waals surface area contributed by atoms with Crippen LogP contribution in [0.3, 0.4) is 0 Å². The number of ether oxygens (including phenoxy) is 3. The lowest BCUT2D eigenvalue weighted by molar-refractivity contribution is 0.324. The smallest absolute Gasteiger partial charge is 0.342 e. The van der Waals surface area contributed by atoms with E-state index in [2.05, 4.69) is 15.2 Å². The summed E-state index contributed by atoms with van der Waals surface area (Å²) in [6.45, 7) is 0. The predicted octanol–water partition coefficient (Wildman–Crippen LogP) is 0.0748. The van der Waals surface area contributed by atoms with E-state index in [1.54, 1.807) is 12.1 Å². The van der Waals surface area contributed by atoms with Crippen molar-refractivity contribution in [3.63, 3.8) is 0 Å². The van der Waals surface area contributed by atoms with Crippen molar-refractivity contribution in [1.82, 2.24) is 15.2 Å². The molecule has 2 rings (SSSR count). The maximum Gasteiger partial charge on any atom is 0.342 e. The summed E-state index contributed by atoms with van der Waals surface area (Å²) in [4.78, 5) is 24.7. The van der Waals surface area contributed by atoms with Gasteiger partial charge in [0.1, 0.15) is 5.69 Å². The van der Waals surface area contributed by atoms with Crippen LogP contribution in [-0.2, 0) is 6.42 Å². The van der Waals surface area contributed by atoms with Gasteiger partial charge in [0.05, 0.1) is 21.3 Å². The second-order valence-corrected chi connectivity index (χ2v) is 4.16. The molecule has 21 heavy (non-hydrogen) atoms. The fourth-order valence-corrected chi connectivity index (χ4v) is 1.92. The Morgan fingerprint density at radius 2 is 1.67 bits per heavy atom. The molecule has 0 atom stereocenters. The largest absolute Gasteiger partial charge is 0.493 e. The molecule has 0 saturated heterocycles. The van der Waals surface area contributed by atoms with Gasteiger partial charge in [0.15, 0.2) is 11.5 Å². The molecule has 8 heteroatoms. The van der Waals surface area contributed by atoms with Crippen LogP contribution in [0.25, 0.3) is 0 Å². The first-order valence-electron chi connectivity index (χ1n) is 6.05. The van der Waals surface area contributed by atoms with Gasteiger partial charge in [-0.3, -0.25) is 9.78 Å². The van der Waals surface area contributed by atoms with E-state index in [9.17, 15) is 9.59 Å². The van der Waals surface area contributed by atoms with Gasteiger partial charge in [0, 0.05) is 6.42 Å². The average Bonchev–Trinajstić information content (AvgIpc) is 2.49. The lowest BCUT2D eigenvalue weighted by Crippen LogP contribution is -2.27. The molecule has 112 valence electrons. The number of H-pyrrole nitrogens is 2. The second-order valence-electron chi connectivity index (χ2n) is 4.16. The van der Waals surface area contributed by atoms with Gasteiger partial charge in [-0.2, -0.15) is 5.10 Å². The summed E-state index contributed by atoms with van der Waals surface area (Å²) in [6, 6.07) is 3.43. The van der Waals surface area contributed by atoms with E-state index in [1.807, 2.05) is 0 Å². The summed E-state index contributed by atoms with van der Waals surface area (Å²) < 4.78 is 15.7. The Balaban J connectivity index is 2.44. The fourth-order valence-electron chi connectivity index (χ4n) is 1.92. The van der Waals surface area contributed by atoms with Crippen molar-refractivity contribution in [2.24, 2.45) is 0 Å². The zero-order valence-electron chi connectivity index (χ0n) is 11.9. The van der Waals surface area contributed by atoms with Crippen LogP contribution in [0.4, 0.5) is 0 Å². The molecule has 2 N–H and O–H groups in total. The zero-order chi connectivity index (χ0) is 15.4. The molecule has 1 heterocycles. The van der Waals surface area contributed by atoms with E-state index >= 15 is 0 Å². The van der Waals surface area contributed by atoms with E-state index in [0.717, 1.165) is 5.56 Å². The van der Waals surface area contributed by atoms with Crippen molar-refractivity contribution in [1.29, 1.82) is 0 Å². The Kier molecular flexibility index (Phi) is 4.27. The molecule has 0 spiro atoms. The van der Waals surface area contributed by atoms with E-state index in [1.165, 1.54) is 21.3 Å². The molecule has 0 aliphatic carbocycles. The van der Waals surface area contributed by atoms with E-state index in [4.69, 9.17) is 14.2 Å². The van der Waals surface area contributed by atoms with Crippen molar-refractivity contribution in [2.75, 3.05) is 21.3 Å². The normalized spacial score (nSPS) is 10.2. The lowest BCUT2D eigenvalue weighted by Gasteiger charge is -2.13. The summed E-state index contributed by atoms with van der Waals surface area (Å²) >= 11 is 0. The number of aromatic nitrogens is 3. The van der Waals surface area contributed by atoms with Crippen molar-refractivity contribution >= 4 is 0 Å². The van der Waals surface area contributed by atoms with Gasteiger partial charge >= 0.3 is 5.69 Å². The minimum absolute atomic E-state index is 0.184. The maximum absolute atomic E-state index is 11.7. The van der Waals surface area contributed by atoms with Crippen LogP contribution in [0.5, 0.6) is 17.2 Å². The third-order valence-electron chi connectivity index (χ3n) is 2.88. The molecule has 0 fully saturated rings. The highest BCUT2D eigenvalue weighted by Crippen LogP contribution is 2.38. The molecule has 0 bridgehead atoms. The number of aromatic amines is 2. The highest BCUT2D eigenvalue weighted by molar-refractivity contribution is 5.54. The zero-order valence-corrected chi connectivity index (χ0v) is 11.9. The first kappa shape index (κ1) is 14.6. The van der Waals surface area contributed by atoms with Crippen molar-refractivity contribution < 1.29 is 14.2 Å². The van der Waals surface area contributed by atoms with Crippen LogP contribution in [0.2, 0.25) is 0 Å². The van der Waals surface area contributed by atoms with E-state index < -0.39 is 11.2 Å². The minimum Gasteiger partial charge on any atom is -0.493 e. The fraction of sp³-hybridized carbons (Fsp3) is 0.308. The molecule has 0 amide bonds. The summed E-state index contributed by atoms with van der Waals surface area (Å²) in [7, 11) is 4.52. The van der Waals surface area contributed by atoms with Crippen LogP contribution in [-0.4, -0.2) is 36.5 Å². The van der Waals surface area contributed by atoms with Gasteiger partial charge in [0.25, 0.3) is 5.56 Å². The van der Waals surface area contributed by atoms with Crippen molar-refractivity contribution in [3.8, 4) is 17.2 Å². The monoisotopic (exact) mass is 293 g/mol. The van der Waals surface area contributed by atoms with Crippen LogP contribution in [0, 0.1) is 0 Å². The highest BCUT2D eigenvalue weighted by Gasteiger charge is 2.14. The third kappa shape index (κ3) is 3.04. The van der Waals surface area contributed by atoms with Crippen molar-refractivity contribution in [2.45, 2.75) is 6.42 Å². The summed E-state index contributed by atoms with van der Waals surface area (Å²) in [5.74, 6) is 1.42. The minimum atomic E-state index is -0.645. The molecular weight excluding hydrogens is 278 g/mol. The van der Waals surface area contributed by atoms with E-state index in [0.29, 0.717) is 17.2 Å². The third-order valence-corrected chi connectivity index (χ3v) is 2.88. The molecule has 0 radical (unpaired) electrons. The number of methoxy groups -OCH3 is 3. The molecule has 0 aliphatic rings. The maximum atomic E-state index is 11.7. The summed E-state index contributed by atoms with van der Waals surface area (Å²) in [5.41, 5.74) is -0.264. The Bertz CT molecular complexity index is 725. The number of hydrogen-bond acceptors (Lipinski definition) is 6. The first-order valence-corrected chi connectivity index (χ1v) is 6.05. The first-order chi connectivity index (χ1) is 10.1. The predicted molar refractivity (Wildman–Crippen MR) is 74.4 cm³/mol. The standard InChI is InChI=1S/C13H15N3O5/c1-19-9-5-7(6-10(20-2)11(9)21-3)4-8-12(17)14-13(18)16-15-8/h5-6H,4H2,1-3H3,(H2,14,16,17,18). The van der Waals surface area contributed by atoms with Crippen LogP contribution in [0.1, 0.15) is 11.3 Å². The Morgan fingerprint density at radius 3 is 2.14 bits per heavy atom. The van der Waals surface area contributed by atoms with Gasteiger partial charge in [-0.1, -0.05) is 0 Å². The Morgan fingerprint density at radius 1 is 1.05 bits per heavy atom. The number of hydrogen-bond donors (Lipinski definition) is 2. The molecule has 1 aromatic heterocycles. The molecule has 0 aliphatic heterocycles. The van der Waals surface area contributed by atoms with Gasteiger partial charge in [0.2, 0.25) is 5.75 Å². The molecule has 0 saturated carbocycles. The number of nitrogens with one attached hydrogen (secondary N) is 2. The van der Waals surface area contributed by atoms with Gasteiger partial charge in [-0.15, -0.1) is 0 Å². The average molecular weight is 293 g/mol. The molecule has 2 aromatic rings.